The first-order chi connectivity index (χ1) is 10.1. The fourth-order valence-corrected chi connectivity index (χ4v) is 1.51. The Morgan fingerprint density at radius 2 is 2.24 bits per heavy atom. The number of hydrogen-bond donors (Lipinski definition) is 1. The summed E-state index contributed by atoms with van der Waals surface area (Å²) in [6.45, 7) is 1.34. The molecule has 0 aliphatic carbocycles. The van der Waals surface area contributed by atoms with Gasteiger partial charge < -0.3 is 19.2 Å². The lowest BCUT2D eigenvalue weighted by molar-refractivity contribution is -0.118. The lowest BCUT2D eigenvalue weighted by Crippen LogP contribution is -2.22. The van der Waals surface area contributed by atoms with Crippen LogP contribution < -0.4 is 20.2 Å². The normalized spacial score (nSPS) is 10.0. The van der Waals surface area contributed by atoms with Crippen molar-refractivity contribution in [1.82, 2.24) is 4.98 Å². The van der Waals surface area contributed by atoms with Gasteiger partial charge in [0.25, 0.3) is 5.91 Å². The van der Waals surface area contributed by atoms with Crippen LogP contribution >= 0.6 is 0 Å². The predicted molar refractivity (Wildman–Crippen MR) is 74.6 cm³/mol. The van der Waals surface area contributed by atoms with E-state index in [9.17, 15) is 9.59 Å². The Morgan fingerprint density at radius 1 is 1.43 bits per heavy atom. The number of methoxy groups -OCH3 is 1. The van der Waals surface area contributed by atoms with Crippen molar-refractivity contribution in [3.05, 3.63) is 46.6 Å². The molecule has 0 aliphatic heterocycles. The Bertz CT molecular complexity index is 679. The van der Waals surface area contributed by atoms with Gasteiger partial charge in [-0.15, -0.1) is 0 Å². The number of hydrogen-bond acceptors (Lipinski definition) is 6. The minimum absolute atomic E-state index is 0.0106. The number of aryl methyl sites for hydroxylation is 1. The number of pyridine rings is 1. The number of ether oxygens (including phenoxy) is 2. The van der Waals surface area contributed by atoms with E-state index in [0.29, 0.717) is 17.3 Å². The number of nitrogens with one attached hydrogen (secondary N) is 1. The second kappa shape index (κ2) is 6.56. The fraction of sp³-hybridized carbons (Fsp3) is 0.214. The van der Waals surface area contributed by atoms with Crippen LogP contribution in [0.25, 0.3) is 0 Å². The molecule has 1 N–H and O–H groups in total. The van der Waals surface area contributed by atoms with Crippen LogP contribution in [0, 0.1) is 6.92 Å². The van der Waals surface area contributed by atoms with Crippen LogP contribution in [0.2, 0.25) is 0 Å². The van der Waals surface area contributed by atoms with Crippen molar-refractivity contribution in [2.75, 3.05) is 19.0 Å². The molecule has 0 unspecified atom stereocenters. The second-order valence-electron chi connectivity index (χ2n) is 4.15. The van der Waals surface area contributed by atoms with E-state index >= 15 is 0 Å². The third-order valence-electron chi connectivity index (χ3n) is 2.52. The van der Waals surface area contributed by atoms with E-state index < -0.39 is 5.91 Å². The zero-order valence-corrected chi connectivity index (χ0v) is 11.6. The summed E-state index contributed by atoms with van der Waals surface area (Å²) < 4.78 is 15.1. The summed E-state index contributed by atoms with van der Waals surface area (Å²) in [5, 5.41) is 2.58. The monoisotopic (exact) mass is 290 g/mol. The van der Waals surface area contributed by atoms with Gasteiger partial charge in [0, 0.05) is 12.1 Å². The first kappa shape index (κ1) is 14.6. The van der Waals surface area contributed by atoms with E-state index in [1.807, 2.05) is 0 Å². The van der Waals surface area contributed by atoms with Crippen molar-refractivity contribution < 1.29 is 18.7 Å². The SMILES string of the molecule is COc1ccc(NC(=O)COc2coc(C)cc2=O)cn1. The molecule has 2 aromatic heterocycles. The summed E-state index contributed by atoms with van der Waals surface area (Å²) in [7, 11) is 1.50. The highest BCUT2D eigenvalue weighted by atomic mass is 16.5. The molecule has 7 heteroatoms. The molecule has 0 aromatic carbocycles. The number of amides is 1. The summed E-state index contributed by atoms with van der Waals surface area (Å²) in [5.41, 5.74) is 0.165. The smallest absolute Gasteiger partial charge is 0.262 e. The highest BCUT2D eigenvalue weighted by Crippen LogP contribution is 2.11. The van der Waals surface area contributed by atoms with E-state index in [1.54, 1.807) is 19.1 Å². The third-order valence-corrected chi connectivity index (χ3v) is 2.52. The van der Waals surface area contributed by atoms with Gasteiger partial charge in [-0.25, -0.2) is 4.98 Å². The number of carbonyl (C=O) groups is 1. The summed E-state index contributed by atoms with van der Waals surface area (Å²) in [6, 6.07) is 4.55. The Morgan fingerprint density at radius 3 is 2.86 bits per heavy atom. The summed E-state index contributed by atoms with van der Waals surface area (Å²) in [6.07, 6.45) is 2.64. The highest BCUT2D eigenvalue weighted by molar-refractivity contribution is 5.91. The Labute approximate surface area is 120 Å². The van der Waals surface area contributed by atoms with Crippen LogP contribution in [-0.4, -0.2) is 24.6 Å². The van der Waals surface area contributed by atoms with E-state index in [4.69, 9.17) is 13.9 Å². The zero-order chi connectivity index (χ0) is 15.2. The van der Waals surface area contributed by atoms with Crippen LogP contribution in [-0.2, 0) is 4.79 Å². The van der Waals surface area contributed by atoms with Gasteiger partial charge in [-0.1, -0.05) is 0 Å². The molecular formula is C14H14N2O5. The zero-order valence-electron chi connectivity index (χ0n) is 11.6. The number of nitrogens with zero attached hydrogens (tertiary/aromatic N) is 1. The fourth-order valence-electron chi connectivity index (χ4n) is 1.51. The number of aromatic nitrogens is 1. The van der Waals surface area contributed by atoms with E-state index in [-0.39, 0.29) is 17.8 Å². The summed E-state index contributed by atoms with van der Waals surface area (Å²) >= 11 is 0. The number of carbonyl (C=O) groups excluding carboxylic acids is 1. The Kier molecular flexibility index (Phi) is 4.55. The van der Waals surface area contributed by atoms with Crippen molar-refractivity contribution in [2.24, 2.45) is 0 Å². The molecule has 1 amide bonds. The molecule has 0 radical (unpaired) electrons. The quantitative estimate of drug-likeness (QED) is 0.894. The minimum atomic E-state index is -0.415. The van der Waals surface area contributed by atoms with Gasteiger partial charge in [0.1, 0.15) is 12.0 Å². The van der Waals surface area contributed by atoms with Crippen molar-refractivity contribution >= 4 is 11.6 Å². The molecule has 0 spiro atoms. The van der Waals surface area contributed by atoms with Gasteiger partial charge in [-0.05, 0) is 13.0 Å². The number of anilines is 1. The van der Waals surface area contributed by atoms with Gasteiger partial charge in [-0.2, -0.15) is 0 Å². The molecule has 110 valence electrons. The van der Waals surface area contributed by atoms with Crippen LogP contribution in [0.1, 0.15) is 5.76 Å². The molecule has 21 heavy (non-hydrogen) atoms. The average molecular weight is 290 g/mol. The van der Waals surface area contributed by atoms with E-state index in [2.05, 4.69) is 10.3 Å². The maximum atomic E-state index is 11.7. The van der Waals surface area contributed by atoms with Gasteiger partial charge in [-0.3, -0.25) is 9.59 Å². The first-order valence-corrected chi connectivity index (χ1v) is 6.10. The van der Waals surface area contributed by atoms with Gasteiger partial charge in [0.15, 0.2) is 6.61 Å². The van der Waals surface area contributed by atoms with Crippen molar-refractivity contribution in [3.63, 3.8) is 0 Å². The van der Waals surface area contributed by atoms with Crippen molar-refractivity contribution in [1.29, 1.82) is 0 Å². The average Bonchev–Trinajstić information content (AvgIpc) is 2.47. The maximum absolute atomic E-state index is 11.7. The maximum Gasteiger partial charge on any atom is 0.262 e. The lowest BCUT2D eigenvalue weighted by Gasteiger charge is -2.07. The Balaban J connectivity index is 1.91. The molecule has 0 bridgehead atoms. The lowest BCUT2D eigenvalue weighted by atomic mass is 10.4. The molecule has 2 heterocycles. The minimum Gasteiger partial charge on any atom is -0.481 e. The van der Waals surface area contributed by atoms with Crippen LogP contribution in [0.5, 0.6) is 11.6 Å². The molecule has 0 saturated carbocycles. The molecular weight excluding hydrogens is 276 g/mol. The van der Waals surface area contributed by atoms with E-state index in [1.165, 1.54) is 25.6 Å². The second-order valence-corrected chi connectivity index (χ2v) is 4.15. The third kappa shape index (κ3) is 4.07. The van der Waals surface area contributed by atoms with E-state index in [0.717, 1.165) is 0 Å². The molecule has 0 atom stereocenters. The van der Waals surface area contributed by atoms with Gasteiger partial charge >= 0.3 is 0 Å². The predicted octanol–water partition coefficient (Wildman–Crippen LogP) is 1.37. The standard InChI is InChI=1S/C14H14N2O5/c1-9-5-11(17)12(7-20-9)21-8-13(18)16-10-3-4-14(19-2)15-6-10/h3-7H,8H2,1-2H3,(H,16,18). The largest absolute Gasteiger partial charge is 0.481 e. The molecule has 0 saturated heterocycles. The summed E-state index contributed by atoms with van der Waals surface area (Å²) in [4.78, 5) is 27.2. The highest BCUT2D eigenvalue weighted by Gasteiger charge is 2.07. The number of rotatable bonds is 5. The van der Waals surface area contributed by atoms with Gasteiger partial charge in [0.2, 0.25) is 17.1 Å². The van der Waals surface area contributed by atoms with Crippen molar-refractivity contribution in [3.8, 4) is 11.6 Å². The van der Waals surface area contributed by atoms with Crippen LogP contribution in [0.15, 0.2) is 39.9 Å². The van der Waals surface area contributed by atoms with Crippen LogP contribution in [0.3, 0.4) is 0 Å². The van der Waals surface area contributed by atoms with Gasteiger partial charge in [0.05, 0.1) is 19.0 Å². The molecule has 7 nitrogen and oxygen atoms in total. The first-order valence-electron chi connectivity index (χ1n) is 6.10. The van der Waals surface area contributed by atoms with Crippen LogP contribution in [0.4, 0.5) is 5.69 Å². The molecule has 0 aliphatic rings. The Hall–Kier alpha value is -2.83. The van der Waals surface area contributed by atoms with Crippen molar-refractivity contribution in [2.45, 2.75) is 6.92 Å². The molecule has 0 fully saturated rings. The topological polar surface area (TPSA) is 90.7 Å². The molecule has 2 rings (SSSR count). The summed E-state index contributed by atoms with van der Waals surface area (Å²) in [5.74, 6) is 0.494. The molecule has 2 aromatic rings.